The average Bonchev–Trinajstić information content (AvgIpc) is 1.62. The summed E-state index contributed by atoms with van der Waals surface area (Å²) in [5, 5.41) is 46.6. The average molecular weight is 1880 g/mol. The Morgan fingerprint density at radius 1 is 0.584 bits per heavy atom. The first-order valence-electron chi connectivity index (χ1n) is 36.6. The summed E-state index contributed by atoms with van der Waals surface area (Å²) >= 11 is 0. The van der Waals surface area contributed by atoms with Crippen molar-refractivity contribution in [2.75, 3.05) is 69.1 Å². The van der Waals surface area contributed by atoms with Crippen LogP contribution in [0.1, 0.15) is 104 Å². The van der Waals surface area contributed by atoms with Crippen LogP contribution in [-0.4, -0.2) is 264 Å². The van der Waals surface area contributed by atoms with Crippen LogP contribution in [0.25, 0.3) is 22.3 Å². The highest BCUT2D eigenvalue weighted by Gasteiger charge is 2.52. The van der Waals surface area contributed by atoms with Gasteiger partial charge >= 0.3 is 84.9 Å². The summed E-state index contributed by atoms with van der Waals surface area (Å²) in [6.07, 6.45) is -24.7. The summed E-state index contributed by atoms with van der Waals surface area (Å²) < 4.78 is 195. The summed E-state index contributed by atoms with van der Waals surface area (Å²) in [6.45, 7) is 1.86. The molecule has 2 unspecified atom stereocenters. The number of alkyl carbamates (subject to hydrolysis) is 1. The molecule has 0 aliphatic carbocycles. The van der Waals surface area contributed by atoms with Crippen LogP contribution in [0.5, 0.6) is 0 Å². The van der Waals surface area contributed by atoms with Gasteiger partial charge in [-0.05, 0) is 65.0 Å². The maximum Gasteiger partial charge on any atom is 0.472 e. The number of halogens is 6. The number of nitrogens with one attached hydrogen (secondary N) is 3. The van der Waals surface area contributed by atoms with E-state index in [4.69, 9.17) is 84.5 Å². The fourth-order valence-electron chi connectivity index (χ4n) is 12.0. The Labute approximate surface area is 698 Å². The van der Waals surface area contributed by atoms with Crippen LogP contribution in [0.15, 0.2) is 59.4 Å². The van der Waals surface area contributed by atoms with Gasteiger partial charge in [0.05, 0.1) is 45.0 Å². The minimum absolute atomic E-state index is 0.0243. The van der Waals surface area contributed by atoms with E-state index in [2.05, 4.69) is 59.0 Å². The molecule has 6 aromatic rings. The predicted molar refractivity (Wildman–Crippen MR) is 400 cm³/mol. The van der Waals surface area contributed by atoms with Crippen LogP contribution in [0, 0.1) is 17.2 Å². The number of ether oxygens (including phenoxy) is 7. The fraction of sp³-hybridized carbons (Fsp3) is 0.613. The number of carbonyl (C=O) groups excluding carboxylic acids is 5. The van der Waals surface area contributed by atoms with Crippen LogP contribution < -0.4 is 50.3 Å². The van der Waals surface area contributed by atoms with Gasteiger partial charge in [0.2, 0.25) is 0 Å². The number of nitrogens with two attached hydrogens (primary N) is 4. The Kier molecular flexibility index (Phi) is 34.6. The van der Waals surface area contributed by atoms with Crippen molar-refractivity contribution in [3.63, 3.8) is 0 Å². The van der Waals surface area contributed by atoms with Gasteiger partial charge in [0, 0.05) is 38.3 Å². The number of fused-ring (bicyclic) bond motifs is 2. The van der Waals surface area contributed by atoms with Crippen molar-refractivity contribution in [2.45, 2.75) is 189 Å². The minimum Gasteiger partial charge on any atom is -0.455 e. The van der Waals surface area contributed by atoms with E-state index in [1.807, 2.05) is 0 Å². The summed E-state index contributed by atoms with van der Waals surface area (Å²) in [4.78, 5) is 173. The van der Waals surface area contributed by atoms with Gasteiger partial charge in [0.25, 0.3) is 0 Å². The summed E-state index contributed by atoms with van der Waals surface area (Å²) in [7, 11) is -20.4. The van der Waals surface area contributed by atoms with Gasteiger partial charge in [-0.1, -0.05) is 13.3 Å². The van der Waals surface area contributed by atoms with E-state index in [-0.39, 0.29) is 84.4 Å². The lowest BCUT2D eigenvalue weighted by atomic mass is 10.0. The second-order valence-electron chi connectivity index (χ2n) is 28.2. The Bertz CT molecular complexity index is 5120. The molecule has 3 amide bonds. The molecule has 20 N–H and O–H groups in total. The summed E-state index contributed by atoms with van der Waals surface area (Å²) in [5.41, 5.74) is 20.4. The number of aliphatic hydroxyl groups excluding tert-OH is 3. The third-order valence-corrected chi connectivity index (χ3v) is 20.8. The normalized spacial score (nSPS) is 24.3. The zero-order valence-electron chi connectivity index (χ0n) is 65.5. The van der Waals surface area contributed by atoms with Crippen LogP contribution in [0.2, 0.25) is 0 Å². The molecule has 0 spiro atoms. The van der Waals surface area contributed by atoms with E-state index in [0.717, 1.165) is 21.8 Å². The number of unbranched alkanes of at least 4 members (excludes halogenated alkanes) is 2. The molecule has 0 saturated carbocycles. The summed E-state index contributed by atoms with van der Waals surface area (Å²) in [5.74, 6) is -6.54. The van der Waals surface area contributed by atoms with Gasteiger partial charge in [-0.15, -0.1) is 0 Å². The number of aromatic nitrogens is 12. The number of rotatable bonds is 35. The van der Waals surface area contributed by atoms with Crippen molar-refractivity contribution in [1.82, 2.24) is 74.1 Å². The van der Waals surface area contributed by atoms with Gasteiger partial charge in [-0.25, -0.2) is 67.3 Å². The number of anilines is 4. The number of hydrogen-bond acceptors (Lipinski definition) is 40. The number of aliphatic hydroxyl groups is 3. The number of nitrogens with zero attached hydrogens (tertiary/aromatic N) is 13. The van der Waals surface area contributed by atoms with Gasteiger partial charge in [-0.3, -0.25) is 59.8 Å². The lowest BCUT2D eigenvalue weighted by Crippen LogP contribution is -2.47. The molecule has 0 aromatic carbocycles. The molecule has 125 heavy (non-hydrogen) atoms. The van der Waals surface area contributed by atoms with E-state index in [9.17, 15) is 113 Å². The van der Waals surface area contributed by atoms with Gasteiger partial charge < -0.3 is 117 Å². The highest BCUT2D eigenvalue weighted by molar-refractivity contribution is 7.47. The van der Waals surface area contributed by atoms with Crippen molar-refractivity contribution >= 4 is 107 Å². The number of esters is 2. The monoisotopic (exact) mass is 1880 g/mol. The van der Waals surface area contributed by atoms with Crippen LogP contribution in [-0.2, 0) is 97.7 Å². The smallest absolute Gasteiger partial charge is 0.455 e. The highest BCUT2D eigenvalue weighted by Crippen LogP contribution is 2.52. The van der Waals surface area contributed by atoms with E-state index in [1.54, 1.807) is 23.6 Å². The number of nitrogen functional groups attached to an aromatic ring is 4. The number of carbonyl (C=O) groups is 5. The Morgan fingerprint density at radius 3 is 1.45 bits per heavy atom. The highest BCUT2D eigenvalue weighted by atomic mass is 31.2. The number of alkyl halides is 6. The third kappa shape index (κ3) is 29.5. The van der Waals surface area contributed by atoms with Crippen LogP contribution >= 0.6 is 31.3 Å². The molecular weight excluding hydrogens is 1790 g/mol. The zero-order chi connectivity index (χ0) is 92.6. The number of imidazole rings is 2. The summed E-state index contributed by atoms with van der Waals surface area (Å²) in [6, 6.07) is 2.59. The molecule has 4 aliphatic rings. The lowest BCUT2D eigenvalue weighted by Gasteiger charge is -2.26. The Balaban J connectivity index is 0.000000270. The molecule has 4 saturated heterocycles. The first-order chi connectivity index (χ1) is 58.2. The van der Waals surface area contributed by atoms with Gasteiger partial charge in [0.15, 0.2) is 48.1 Å². The van der Waals surface area contributed by atoms with E-state index >= 15 is 0 Å². The first-order valence-corrected chi connectivity index (χ1v) is 42.6. The molecule has 10 heterocycles. The Morgan fingerprint density at radius 2 is 1.02 bits per heavy atom. The van der Waals surface area contributed by atoms with Gasteiger partial charge in [0.1, 0.15) is 120 Å². The maximum absolute atomic E-state index is 13.8. The topological polar surface area (TPSA) is 777 Å². The number of phosphoric ester groups is 4. The molecule has 0 radical (unpaired) electrons. The fourth-order valence-corrected chi connectivity index (χ4v) is 14.6. The van der Waals surface area contributed by atoms with Crippen LogP contribution in [0.3, 0.4) is 0 Å². The van der Waals surface area contributed by atoms with Crippen molar-refractivity contribution < 1.29 is 174 Å². The largest absolute Gasteiger partial charge is 0.472 e. The Hall–Kier alpha value is -9.56. The zero-order valence-corrected chi connectivity index (χ0v) is 69.0. The third-order valence-electron chi connectivity index (χ3n) is 17.8. The SMILES string of the molecule is CC(C)(C)OC(=O)N[C@@H](CCCCNC(=O)C(F)(F)F)C(=O)O[C@H]1[C@@H](O)[C@H](n2cnc3c(N)ncnc32)O[C@@H]1COP(=O)(O)O[C@H]1C[C@H](n2ccc(N)nc2=O)O[C@@H]1COP(=O)(O)O.C[C@@H](CCCCNC(=O)C(F)(F)F)C(=O)OCC#N.Nc1ccn([C@H]2C[C@H](OP(=O)(O)OC[C@H]3O[C@@H](n4cnc5c(N)ncnc54)[C@H](O)[C@@H]3O)[C@@H](COP(=O)(O)O)O2)c(=O)n1. The molecule has 4 fully saturated rings. The standard InChI is InChI=1S/C32H45F3N10O17P2.C19H26N8O13P2.C11H15F3N2O3/c1-31(2,3)61-30(50)42-15(6-4-5-8-38-28(48)32(33,34)35)27(47)60-23-18(59-26(22(23)46)45-14-41-21-24(37)39-13-40-25(21)45)12-57-64(54,55)62-16-10-20(44-9-7-19(36)43-29(44)49)58-17(16)11-56-63(51,52)53;20-11-1-2-26(19(30)25-11)12-3-8(9(38-12)4-36-41(31,32)33)40-42(34,35)37-5-10-14(28)15(29)18(39-10)27-7-24-13-16(21)22-6-23-17(13)27;1-8(9(17)19-7-5-15)4-2-3-6-16-10(18)11(12,13)14/h7,9,13-18,20,22-23,26,46H,4-6,8,10-12H2,1-3H3,(H,38,48)(H,42,50)(H,54,55)(H2,36,43,49)(H2,37,39,40)(H2,51,52,53);1-2,6-10,12,14-15,18,28-29H,3-5H2,(H,34,35)(H2,20,25,30)(H2,21,22,23)(H2,31,32,33);8H,2-4,6-7H2,1H3,(H,16,18)/t15-,16-,17+,18+,20+,22+,23+,26+;8-,9+,10+,12+,14+,15+,18+;8-/m000/s1. The predicted octanol–water partition coefficient (Wildman–Crippen LogP) is -0.637. The molecule has 694 valence electrons. The molecular formula is C62H86F6N20O33P4. The molecule has 18 atom stereocenters. The molecule has 53 nitrogen and oxygen atoms in total. The second-order valence-corrected chi connectivity index (χ2v) is 33.5. The van der Waals surface area contributed by atoms with Crippen LogP contribution in [0.4, 0.5) is 54.4 Å². The maximum atomic E-state index is 13.8. The first kappa shape index (κ1) is 101. The van der Waals surface area contributed by atoms with Crippen molar-refractivity contribution in [3.8, 4) is 6.07 Å². The van der Waals surface area contributed by atoms with Crippen molar-refractivity contribution in [2.24, 2.45) is 5.92 Å². The molecule has 4 aliphatic heterocycles. The van der Waals surface area contributed by atoms with Crippen molar-refractivity contribution in [1.29, 1.82) is 5.26 Å². The minimum atomic E-state index is -5.32. The lowest BCUT2D eigenvalue weighted by molar-refractivity contribution is -0.173. The number of amides is 3. The second kappa shape index (κ2) is 42.8. The molecule has 10 rings (SSSR count). The van der Waals surface area contributed by atoms with E-state index < -0.39 is 228 Å². The number of hydrogen-bond donors (Lipinski definition) is 16. The number of nitriles is 1. The van der Waals surface area contributed by atoms with Crippen molar-refractivity contribution in [3.05, 3.63) is 70.8 Å². The molecule has 63 heteroatoms. The molecule has 6 aromatic heterocycles. The number of phosphoric acid groups is 4. The van der Waals surface area contributed by atoms with E-state index in [1.165, 1.54) is 67.1 Å². The van der Waals surface area contributed by atoms with Gasteiger partial charge in [-0.2, -0.15) is 41.6 Å². The quantitative estimate of drug-likeness (QED) is 0.00774. The molecule has 0 bridgehead atoms. The van der Waals surface area contributed by atoms with E-state index in [0.29, 0.717) is 19.3 Å².